The van der Waals surface area contributed by atoms with Crippen LogP contribution in [-0.2, 0) is 26.3 Å². The fourth-order valence-corrected chi connectivity index (χ4v) is 4.90. The Kier molecular flexibility index (Phi) is 11.2. The highest BCUT2D eigenvalue weighted by Gasteiger charge is 2.34. The van der Waals surface area contributed by atoms with Gasteiger partial charge in [0.2, 0.25) is 11.8 Å². The highest BCUT2D eigenvalue weighted by atomic mass is 35.5. The molecule has 0 aromatic heterocycles. The standard InChI is InChI=1S/C25H33Cl2FN4O4S/c1-6-17(3)29-25(34)23(7-2)31(15-18-8-13-21(26)22(27)14-18)24(33)16-32(37(35,36)30(4)5)20-11-9-19(28)10-12-20/h8-14,17,23H,6-7,15-16H2,1-5H3,(H,29,34)/t17-,23-/m0/s1. The van der Waals surface area contributed by atoms with Gasteiger partial charge in [0.25, 0.3) is 0 Å². The summed E-state index contributed by atoms with van der Waals surface area (Å²) >= 11 is 12.2. The fraction of sp³-hybridized carbons (Fsp3) is 0.440. The number of amides is 2. The number of benzene rings is 2. The van der Waals surface area contributed by atoms with Crippen LogP contribution >= 0.6 is 23.2 Å². The molecule has 2 amide bonds. The van der Waals surface area contributed by atoms with Crippen LogP contribution in [0.15, 0.2) is 42.5 Å². The van der Waals surface area contributed by atoms with Crippen molar-refractivity contribution < 1.29 is 22.4 Å². The van der Waals surface area contributed by atoms with Crippen molar-refractivity contribution in [1.29, 1.82) is 0 Å². The Balaban J connectivity index is 2.52. The highest BCUT2D eigenvalue weighted by molar-refractivity contribution is 7.90. The van der Waals surface area contributed by atoms with Gasteiger partial charge >= 0.3 is 10.2 Å². The van der Waals surface area contributed by atoms with E-state index in [0.717, 1.165) is 20.7 Å². The molecule has 204 valence electrons. The molecule has 1 N–H and O–H groups in total. The molecule has 0 saturated heterocycles. The highest BCUT2D eigenvalue weighted by Crippen LogP contribution is 2.25. The normalized spacial score (nSPS) is 13.2. The molecule has 2 aromatic rings. The van der Waals surface area contributed by atoms with E-state index in [9.17, 15) is 22.4 Å². The second-order valence-electron chi connectivity index (χ2n) is 8.79. The van der Waals surface area contributed by atoms with E-state index in [1.54, 1.807) is 25.1 Å². The van der Waals surface area contributed by atoms with E-state index in [4.69, 9.17) is 23.2 Å². The van der Waals surface area contributed by atoms with Crippen molar-refractivity contribution in [2.24, 2.45) is 0 Å². The molecule has 0 radical (unpaired) electrons. The van der Waals surface area contributed by atoms with Crippen LogP contribution in [0, 0.1) is 5.82 Å². The van der Waals surface area contributed by atoms with Crippen LogP contribution in [-0.4, -0.2) is 62.2 Å². The average molecular weight is 576 g/mol. The molecule has 37 heavy (non-hydrogen) atoms. The van der Waals surface area contributed by atoms with Crippen LogP contribution in [0.25, 0.3) is 0 Å². The first-order chi connectivity index (χ1) is 17.3. The lowest BCUT2D eigenvalue weighted by Crippen LogP contribution is -2.54. The summed E-state index contributed by atoms with van der Waals surface area (Å²) in [5.41, 5.74) is 0.719. The molecule has 0 heterocycles. The number of hydrogen-bond donors (Lipinski definition) is 1. The molecule has 0 saturated carbocycles. The summed E-state index contributed by atoms with van der Waals surface area (Å²) in [6, 6.07) is 8.64. The van der Waals surface area contributed by atoms with Crippen LogP contribution in [0.2, 0.25) is 10.0 Å². The van der Waals surface area contributed by atoms with E-state index in [0.29, 0.717) is 17.0 Å². The molecule has 0 unspecified atom stereocenters. The third kappa shape index (κ3) is 8.04. The SMILES string of the molecule is CC[C@H](C)NC(=O)[C@H](CC)N(Cc1ccc(Cl)c(Cl)c1)C(=O)CN(c1ccc(F)cc1)S(=O)(=O)N(C)C. The van der Waals surface area contributed by atoms with Gasteiger partial charge in [-0.15, -0.1) is 0 Å². The zero-order valence-electron chi connectivity index (χ0n) is 21.5. The third-order valence-corrected chi connectivity index (χ3v) is 8.42. The zero-order chi connectivity index (χ0) is 27.9. The van der Waals surface area contributed by atoms with Crippen molar-refractivity contribution >= 4 is 50.9 Å². The van der Waals surface area contributed by atoms with Gasteiger partial charge in [0.15, 0.2) is 0 Å². The predicted molar refractivity (Wildman–Crippen MR) is 145 cm³/mol. The monoisotopic (exact) mass is 574 g/mol. The van der Waals surface area contributed by atoms with Crippen LogP contribution in [0.4, 0.5) is 10.1 Å². The fourth-order valence-electron chi connectivity index (χ4n) is 3.52. The summed E-state index contributed by atoms with van der Waals surface area (Å²) in [7, 11) is -1.47. The largest absolute Gasteiger partial charge is 0.352 e. The van der Waals surface area contributed by atoms with E-state index in [2.05, 4.69) is 5.32 Å². The summed E-state index contributed by atoms with van der Waals surface area (Å²) in [4.78, 5) is 28.3. The van der Waals surface area contributed by atoms with Gasteiger partial charge in [0.1, 0.15) is 18.4 Å². The maximum absolute atomic E-state index is 13.8. The first-order valence-electron chi connectivity index (χ1n) is 11.8. The quantitative estimate of drug-likeness (QED) is 0.405. The lowest BCUT2D eigenvalue weighted by Gasteiger charge is -2.34. The molecular formula is C25H33Cl2FN4O4S. The Labute approximate surface area is 228 Å². The molecule has 12 heteroatoms. The smallest absolute Gasteiger partial charge is 0.304 e. The number of nitrogens with one attached hydrogen (secondary N) is 1. The molecule has 2 rings (SSSR count). The van der Waals surface area contributed by atoms with E-state index in [-0.39, 0.29) is 35.6 Å². The maximum atomic E-state index is 13.8. The summed E-state index contributed by atoms with van der Waals surface area (Å²) in [6.07, 6.45) is 0.981. The first kappa shape index (κ1) is 30.8. The van der Waals surface area contributed by atoms with Crippen molar-refractivity contribution in [1.82, 2.24) is 14.5 Å². The Morgan fingerprint density at radius 2 is 1.62 bits per heavy atom. The summed E-state index contributed by atoms with van der Waals surface area (Å²) in [5, 5.41) is 3.52. The minimum atomic E-state index is -4.14. The molecule has 0 spiro atoms. The first-order valence-corrected chi connectivity index (χ1v) is 14.0. The minimum absolute atomic E-state index is 0.0125. The number of anilines is 1. The lowest BCUT2D eigenvalue weighted by atomic mass is 10.1. The summed E-state index contributed by atoms with van der Waals surface area (Å²) in [5.74, 6) is -1.52. The second-order valence-corrected chi connectivity index (χ2v) is 11.7. The summed E-state index contributed by atoms with van der Waals surface area (Å²) < 4.78 is 41.7. The van der Waals surface area contributed by atoms with Crippen molar-refractivity contribution in [2.75, 3.05) is 24.9 Å². The molecular weight excluding hydrogens is 542 g/mol. The third-order valence-electron chi connectivity index (χ3n) is 5.86. The van der Waals surface area contributed by atoms with Gasteiger partial charge < -0.3 is 10.2 Å². The van der Waals surface area contributed by atoms with Crippen LogP contribution in [0.5, 0.6) is 0 Å². The number of hydrogen-bond acceptors (Lipinski definition) is 4. The topological polar surface area (TPSA) is 90.0 Å². The van der Waals surface area contributed by atoms with Crippen molar-refractivity contribution in [3.8, 4) is 0 Å². The van der Waals surface area contributed by atoms with Gasteiger partial charge in [-0.3, -0.25) is 9.59 Å². The van der Waals surface area contributed by atoms with Crippen molar-refractivity contribution in [3.63, 3.8) is 0 Å². The number of carbonyl (C=O) groups is 2. The maximum Gasteiger partial charge on any atom is 0.304 e. The van der Waals surface area contributed by atoms with Gasteiger partial charge in [0.05, 0.1) is 15.7 Å². The number of rotatable bonds is 12. The second kappa shape index (κ2) is 13.4. The molecule has 2 aromatic carbocycles. The van der Waals surface area contributed by atoms with Gasteiger partial charge in [0, 0.05) is 26.7 Å². The molecule has 0 aliphatic rings. The average Bonchev–Trinajstić information content (AvgIpc) is 2.84. The van der Waals surface area contributed by atoms with Crippen molar-refractivity contribution in [2.45, 2.75) is 52.2 Å². The lowest BCUT2D eigenvalue weighted by molar-refractivity contribution is -0.140. The Morgan fingerprint density at radius 3 is 2.14 bits per heavy atom. The Hall–Kier alpha value is -2.40. The van der Waals surface area contributed by atoms with Crippen molar-refractivity contribution in [3.05, 3.63) is 63.9 Å². The van der Waals surface area contributed by atoms with Gasteiger partial charge in [-0.2, -0.15) is 12.7 Å². The van der Waals surface area contributed by atoms with E-state index < -0.39 is 34.5 Å². The van der Waals surface area contributed by atoms with Gasteiger partial charge in [-0.25, -0.2) is 8.70 Å². The molecule has 2 atom stereocenters. The van der Waals surface area contributed by atoms with E-state index >= 15 is 0 Å². The molecule has 0 aliphatic carbocycles. The number of halogens is 3. The number of carbonyl (C=O) groups excluding carboxylic acids is 2. The van der Waals surface area contributed by atoms with Crippen LogP contribution in [0.1, 0.15) is 39.2 Å². The Bertz CT molecular complexity index is 1200. The van der Waals surface area contributed by atoms with Gasteiger partial charge in [-0.1, -0.05) is 43.1 Å². The molecule has 0 bridgehead atoms. The van der Waals surface area contributed by atoms with Crippen LogP contribution in [0.3, 0.4) is 0 Å². The van der Waals surface area contributed by atoms with Crippen LogP contribution < -0.4 is 9.62 Å². The van der Waals surface area contributed by atoms with Gasteiger partial charge in [-0.05, 0) is 61.7 Å². The minimum Gasteiger partial charge on any atom is -0.352 e. The van der Waals surface area contributed by atoms with E-state index in [1.807, 2.05) is 13.8 Å². The predicted octanol–water partition coefficient (Wildman–Crippen LogP) is 4.47. The molecule has 8 nitrogen and oxygen atoms in total. The van der Waals surface area contributed by atoms with E-state index in [1.165, 1.54) is 31.1 Å². The summed E-state index contributed by atoms with van der Waals surface area (Å²) in [6.45, 7) is 4.93. The number of nitrogens with zero attached hydrogens (tertiary/aromatic N) is 3. The molecule has 0 aliphatic heterocycles. The Morgan fingerprint density at radius 1 is 1.00 bits per heavy atom. The zero-order valence-corrected chi connectivity index (χ0v) is 23.9. The molecule has 0 fully saturated rings.